The zero-order valence-electron chi connectivity index (χ0n) is 10.8. The fourth-order valence-electron chi connectivity index (χ4n) is 1.60. The summed E-state index contributed by atoms with van der Waals surface area (Å²) in [5.41, 5.74) is 4.24. The molecule has 2 nitrogen and oxygen atoms in total. The van der Waals surface area contributed by atoms with Gasteiger partial charge in [-0.2, -0.15) is 0 Å². The Balaban J connectivity index is 2.87. The van der Waals surface area contributed by atoms with Gasteiger partial charge >= 0.3 is 0 Å². The van der Waals surface area contributed by atoms with E-state index in [2.05, 4.69) is 32.2 Å². The number of nitrogens with one attached hydrogen (secondary N) is 1. The molecule has 0 spiro atoms. The third kappa shape index (κ3) is 3.09. The van der Waals surface area contributed by atoms with Crippen molar-refractivity contribution in [3.8, 4) is 0 Å². The highest BCUT2D eigenvalue weighted by atomic mass is 16.1. The van der Waals surface area contributed by atoms with Gasteiger partial charge in [0.1, 0.15) is 0 Å². The number of aryl methyl sites for hydroxylation is 3. The second-order valence-corrected chi connectivity index (χ2v) is 4.86. The van der Waals surface area contributed by atoms with Gasteiger partial charge in [-0.3, -0.25) is 4.79 Å². The van der Waals surface area contributed by atoms with Crippen LogP contribution in [-0.4, -0.2) is 12.5 Å². The first-order valence-corrected chi connectivity index (χ1v) is 5.78. The van der Waals surface area contributed by atoms with Crippen LogP contribution in [0.15, 0.2) is 12.1 Å². The largest absolute Gasteiger partial charge is 0.352 e. The van der Waals surface area contributed by atoms with Crippen LogP contribution < -0.4 is 5.32 Å². The van der Waals surface area contributed by atoms with Gasteiger partial charge in [-0.25, -0.2) is 0 Å². The minimum absolute atomic E-state index is 0.0364. The lowest BCUT2D eigenvalue weighted by Crippen LogP contribution is -2.28. The molecule has 1 aromatic rings. The van der Waals surface area contributed by atoms with Gasteiger partial charge in [0, 0.05) is 12.1 Å². The van der Waals surface area contributed by atoms with E-state index in [-0.39, 0.29) is 5.91 Å². The van der Waals surface area contributed by atoms with Crippen molar-refractivity contribution in [2.24, 2.45) is 5.92 Å². The Bertz CT molecular complexity index is 394. The normalized spacial score (nSPS) is 10.6. The van der Waals surface area contributed by atoms with Crippen LogP contribution >= 0.6 is 0 Å². The summed E-state index contributed by atoms with van der Waals surface area (Å²) < 4.78 is 0. The Labute approximate surface area is 98.1 Å². The van der Waals surface area contributed by atoms with Crippen LogP contribution in [0.4, 0.5) is 0 Å². The quantitative estimate of drug-likeness (QED) is 0.832. The monoisotopic (exact) mass is 219 g/mol. The molecule has 1 N–H and O–H groups in total. The maximum absolute atomic E-state index is 11.9. The molecule has 0 aliphatic heterocycles. The average Bonchev–Trinajstić information content (AvgIpc) is 2.20. The molecule has 0 fully saturated rings. The van der Waals surface area contributed by atoms with Gasteiger partial charge in [0.05, 0.1) is 0 Å². The van der Waals surface area contributed by atoms with Gasteiger partial charge < -0.3 is 5.32 Å². The summed E-state index contributed by atoms with van der Waals surface area (Å²) in [5.74, 6) is 0.519. The van der Waals surface area contributed by atoms with E-state index in [1.54, 1.807) is 0 Å². The molecular formula is C14H21NO. The molecule has 0 heterocycles. The Morgan fingerprint density at radius 2 is 1.69 bits per heavy atom. The topological polar surface area (TPSA) is 29.1 Å². The molecule has 0 saturated carbocycles. The smallest absolute Gasteiger partial charge is 0.251 e. The van der Waals surface area contributed by atoms with Crippen LogP contribution in [0.5, 0.6) is 0 Å². The van der Waals surface area contributed by atoms with Crippen LogP contribution in [0.25, 0.3) is 0 Å². The number of carbonyl (C=O) groups excluding carboxylic acids is 1. The molecular weight excluding hydrogens is 198 g/mol. The highest BCUT2D eigenvalue weighted by Crippen LogP contribution is 2.15. The van der Waals surface area contributed by atoms with Crippen LogP contribution in [-0.2, 0) is 0 Å². The van der Waals surface area contributed by atoms with E-state index in [4.69, 9.17) is 0 Å². The first-order valence-electron chi connectivity index (χ1n) is 5.78. The SMILES string of the molecule is Cc1cc(C)c(C(=O)NCC(C)C)cc1C. The Morgan fingerprint density at radius 1 is 1.12 bits per heavy atom. The van der Waals surface area contributed by atoms with Gasteiger partial charge in [-0.05, 0) is 49.4 Å². The minimum Gasteiger partial charge on any atom is -0.352 e. The molecule has 2 heteroatoms. The Hall–Kier alpha value is -1.31. The Morgan fingerprint density at radius 3 is 2.25 bits per heavy atom. The number of hydrogen-bond donors (Lipinski definition) is 1. The highest BCUT2D eigenvalue weighted by molar-refractivity contribution is 5.95. The summed E-state index contributed by atoms with van der Waals surface area (Å²) in [4.78, 5) is 11.9. The van der Waals surface area contributed by atoms with Crippen LogP contribution in [0, 0.1) is 26.7 Å². The molecule has 88 valence electrons. The van der Waals surface area contributed by atoms with Crippen molar-refractivity contribution in [1.29, 1.82) is 0 Å². The summed E-state index contributed by atoms with van der Waals surface area (Å²) in [5, 5.41) is 2.95. The molecule has 16 heavy (non-hydrogen) atoms. The maximum atomic E-state index is 11.9. The predicted octanol–water partition coefficient (Wildman–Crippen LogP) is 3.00. The zero-order valence-corrected chi connectivity index (χ0v) is 10.8. The molecule has 1 amide bonds. The number of hydrogen-bond acceptors (Lipinski definition) is 1. The van der Waals surface area contributed by atoms with Crippen molar-refractivity contribution >= 4 is 5.91 Å². The maximum Gasteiger partial charge on any atom is 0.251 e. The zero-order chi connectivity index (χ0) is 12.3. The molecule has 0 atom stereocenters. The molecule has 0 saturated heterocycles. The first kappa shape index (κ1) is 12.8. The molecule has 0 radical (unpaired) electrons. The lowest BCUT2D eigenvalue weighted by Gasteiger charge is -2.11. The second-order valence-electron chi connectivity index (χ2n) is 4.86. The van der Waals surface area contributed by atoms with E-state index >= 15 is 0 Å². The lowest BCUT2D eigenvalue weighted by atomic mass is 10.0. The third-order valence-corrected chi connectivity index (χ3v) is 2.76. The van der Waals surface area contributed by atoms with Gasteiger partial charge in [0.2, 0.25) is 0 Å². The van der Waals surface area contributed by atoms with E-state index in [1.165, 1.54) is 11.1 Å². The van der Waals surface area contributed by atoms with Gasteiger partial charge in [0.25, 0.3) is 5.91 Å². The van der Waals surface area contributed by atoms with E-state index in [9.17, 15) is 4.79 Å². The van der Waals surface area contributed by atoms with Gasteiger partial charge in [-0.15, -0.1) is 0 Å². The molecule has 0 unspecified atom stereocenters. The number of carbonyl (C=O) groups is 1. The number of amides is 1. The molecule has 0 aliphatic carbocycles. The van der Waals surface area contributed by atoms with E-state index in [0.717, 1.165) is 17.7 Å². The van der Waals surface area contributed by atoms with Crippen molar-refractivity contribution < 1.29 is 4.79 Å². The summed E-state index contributed by atoms with van der Waals surface area (Å²) >= 11 is 0. The lowest BCUT2D eigenvalue weighted by molar-refractivity contribution is 0.0948. The van der Waals surface area contributed by atoms with E-state index in [0.29, 0.717) is 5.92 Å². The van der Waals surface area contributed by atoms with Crippen molar-refractivity contribution in [1.82, 2.24) is 5.32 Å². The fraction of sp³-hybridized carbons (Fsp3) is 0.500. The van der Waals surface area contributed by atoms with Crippen molar-refractivity contribution in [3.05, 3.63) is 34.4 Å². The highest BCUT2D eigenvalue weighted by Gasteiger charge is 2.10. The summed E-state index contributed by atoms with van der Waals surface area (Å²) in [7, 11) is 0. The number of benzene rings is 1. The second kappa shape index (κ2) is 5.15. The summed E-state index contributed by atoms with van der Waals surface area (Å²) in [6.07, 6.45) is 0. The van der Waals surface area contributed by atoms with Crippen LogP contribution in [0.3, 0.4) is 0 Å². The third-order valence-electron chi connectivity index (χ3n) is 2.76. The van der Waals surface area contributed by atoms with Crippen LogP contribution in [0.1, 0.15) is 40.9 Å². The summed E-state index contributed by atoms with van der Waals surface area (Å²) in [6, 6.07) is 4.04. The van der Waals surface area contributed by atoms with E-state index < -0.39 is 0 Å². The van der Waals surface area contributed by atoms with Crippen LogP contribution in [0.2, 0.25) is 0 Å². The predicted molar refractivity (Wildman–Crippen MR) is 67.8 cm³/mol. The molecule has 0 aliphatic rings. The average molecular weight is 219 g/mol. The Kier molecular flexibility index (Phi) is 4.11. The molecule has 0 bridgehead atoms. The van der Waals surface area contributed by atoms with Gasteiger partial charge in [-0.1, -0.05) is 19.9 Å². The van der Waals surface area contributed by atoms with Crippen molar-refractivity contribution in [2.45, 2.75) is 34.6 Å². The first-order chi connectivity index (χ1) is 7.41. The molecule has 1 rings (SSSR count). The summed E-state index contributed by atoms with van der Waals surface area (Å²) in [6.45, 7) is 11.0. The van der Waals surface area contributed by atoms with E-state index in [1.807, 2.05) is 19.9 Å². The molecule has 1 aromatic carbocycles. The molecule has 0 aromatic heterocycles. The fourth-order valence-corrected chi connectivity index (χ4v) is 1.60. The number of rotatable bonds is 3. The van der Waals surface area contributed by atoms with Gasteiger partial charge in [0.15, 0.2) is 0 Å². The minimum atomic E-state index is 0.0364. The van der Waals surface area contributed by atoms with Crippen molar-refractivity contribution in [2.75, 3.05) is 6.54 Å². The van der Waals surface area contributed by atoms with Crippen molar-refractivity contribution in [3.63, 3.8) is 0 Å². The standard InChI is InChI=1S/C14H21NO/c1-9(2)8-15-14(16)13-7-11(4)10(3)6-12(13)5/h6-7,9H,8H2,1-5H3,(H,15,16).